The van der Waals surface area contributed by atoms with E-state index >= 15 is 0 Å². The molecule has 0 atom stereocenters. The molecule has 2 N–H and O–H groups in total. The maximum atomic E-state index is 12.1. The van der Waals surface area contributed by atoms with Crippen molar-refractivity contribution in [3.63, 3.8) is 0 Å². The molecule has 1 aromatic carbocycles. The number of hydrogen-bond acceptors (Lipinski definition) is 7. The molecule has 0 unspecified atom stereocenters. The fraction of sp³-hybridized carbons (Fsp3) is 0.176. The molecule has 9 nitrogen and oxygen atoms in total. The minimum atomic E-state index is -3.00. The first-order valence-corrected chi connectivity index (χ1v) is 7.71. The number of alkyl halides is 2. The van der Waals surface area contributed by atoms with Crippen molar-refractivity contribution in [2.45, 2.75) is 6.61 Å². The Morgan fingerprint density at radius 1 is 1.04 bits per heavy atom. The standard InChI is InChI=1S/C17H14F2N2O7/c18-17(19)28-11-5-3-10(4-6-11)15(24)21-13(22)9-27-14(23)8-20-16(25)12-2-1-7-26-12/h1-7,17H,8-9H2,(H,20,25)(H,21,22,24). The van der Waals surface area contributed by atoms with Crippen molar-refractivity contribution >= 4 is 23.7 Å². The third kappa shape index (κ3) is 6.52. The van der Waals surface area contributed by atoms with E-state index in [1.807, 2.05) is 5.32 Å². The van der Waals surface area contributed by atoms with E-state index in [1.165, 1.54) is 30.5 Å². The summed E-state index contributed by atoms with van der Waals surface area (Å²) in [4.78, 5) is 46.5. The van der Waals surface area contributed by atoms with Gasteiger partial charge in [0.05, 0.1) is 6.26 Å². The Morgan fingerprint density at radius 2 is 1.75 bits per heavy atom. The molecule has 148 valence electrons. The number of furan rings is 1. The largest absolute Gasteiger partial charge is 0.459 e. The molecular formula is C17H14F2N2O7. The third-order valence-corrected chi connectivity index (χ3v) is 3.10. The van der Waals surface area contributed by atoms with Crippen molar-refractivity contribution in [3.8, 4) is 5.75 Å². The average Bonchev–Trinajstić information content (AvgIpc) is 3.19. The van der Waals surface area contributed by atoms with Gasteiger partial charge < -0.3 is 19.2 Å². The summed E-state index contributed by atoms with van der Waals surface area (Å²) in [5.74, 6) is -3.43. The van der Waals surface area contributed by atoms with Crippen molar-refractivity contribution in [3.05, 3.63) is 54.0 Å². The Bertz CT molecular complexity index is 836. The Balaban J connectivity index is 1.71. The van der Waals surface area contributed by atoms with Gasteiger partial charge in [-0.25, -0.2) is 0 Å². The number of carbonyl (C=O) groups excluding carboxylic acids is 4. The van der Waals surface area contributed by atoms with E-state index < -0.39 is 43.5 Å². The number of nitrogens with one attached hydrogen (secondary N) is 2. The average molecular weight is 396 g/mol. The quantitative estimate of drug-likeness (QED) is 0.641. The molecule has 0 saturated heterocycles. The van der Waals surface area contributed by atoms with Crippen LogP contribution in [-0.4, -0.2) is 43.5 Å². The molecule has 0 aliphatic carbocycles. The van der Waals surface area contributed by atoms with E-state index in [0.29, 0.717) is 0 Å². The number of esters is 1. The summed E-state index contributed by atoms with van der Waals surface area (Å²) in [6, 6.07) is 7.51. The highest BCUT2D eigenvalue weighted by Crippen LogP contribution is 2.14. The fourth-order valence-electron chi connectivity index (χ4n) is 1.87. The van der Waals surface area contributed by atoms with Gasteiger partial charge >= 0.3 is 12.6 Å². The number of halogens is 2. The lowest BCUT2D eigenvalue weighted by atomic mass is 10.2. The van der Waals surface area contributed by atoms with Gasteiger partial charge in [-0.2, -0.15) is 8.78 Å². The molecule has 3 amide bonds. The van der Waals surface area contributed by atoms with E-state index in [-0.39, 0.29) is 17.1 Å². The Kier molecular flexibility index (Phi) is 7.20. The van der Waals surface area contributed by atoms with Gasteiger partial charge in [0.1, 0.15) is 12.3 Å². The number of ether oxygens (including phenoxy) is 2. The van der Waals surface area contributed by atoms with Crippen LogP contribution >= 0.6 is 0 Å². The van der Waals surface area contributed by atoms with Crippen LogP contribution < -0.4 is 15.4 Å². The van der Waals surface area contributed by atoms with Crippen LogP contribution in [-0.2, 0) is 14.3 Å². The molecular weight excluding hydrogens is 382 g/mol. The number of hydrogen-bond donors (Lipinski definition) is 2. The summed E-state index contributed by atoms with van der Waals surface area (Å²) in [6.07, 6.45) is 1.29. The summed E-state index contributed by atoms with van der Waals surface area (Å²) < 4.78 is 37.7. The van der Waals surface area contributed by atoms with E-state index in [9.17, 15) is 28.0 Å². The lowest BCUT2D eigenvalue weighted by Gasteiger charge is -2.07. The van der Waals surface area contributed by atoms with Crippen LogP contribution in [0.3, 0.4) is 0 Å². The van der Waals surface area contributed by atoms with Gasteiger partial charge in [0, 0.05) is 5.56 Å². The van der Waals surface area contributed by atoms with Gasteiger partial charge in [-0.05, 0) is 36.4 Å². The maximum absolute atomic E-state index is 12.1. The number of benzene rings is 1. The van der Waals surface area contributed by atoms with E-state index in [0.717, 1.165) is 12.1 Å². The summed E-state index contributed by atoms with van der Waals surface area (Å²) in [5.41, 5.74) is 0.00649. The third-order valence-electron chi connectivity index (χ3n) is 3.10. The second-order valence-electron chi connectivity index (χ2n) is 5.10. The molecule has 0 saturated carbocycles. The second-order valence-corrected chi connectivity index (χ2v) is 5.10. The molecule has 28 heavy (non-hydrogen) atoms. The highest BCUT2D eigenvalue weighted by molar-refractivity contribution is 6.05. The van der Waals surface area contributed by atoms with Crippen LogP contribution in [0.25, 0.3) is 0 Å². The lowest BCUT2D eigenvalue weighted by molar-refractivity contribution is -0.147. The van der Waals surface area contributed by atoms with Crippen LogP contribution in [0.2, 0.25) is 0 Å². The normalized spacial score (nSPS) is 10.2. The topological polar surface area (TPSA) is 124 Å². The van der Waals surface area contributed by atoms with Crippen molar-refractivity contribution in [2.24, 2.45) is 0 Å². The molecule has 0 radical (unpaired) electrons. The number of imide groups is 1. The Hall–Kier alpha value is -3.76. The summed E-state index contributed by atoms with van der Waals surface area (Å²) in [5, 5.41) is 4.18. The zero-order valence-corrected chi connectivity index (χ0v) is 14.1. The molecule has 2 aromatic rings. The highest BCUT2D eigenvalue weighted by Gasteiger charge is 2.15. The van der Waals surface area contributed by atoms with Crippen LogP contribution in [0.15, 0.2) is 47.1 Å². The molecule has 0 fully saturated rings. The first kappa shape index (κ1) is 20.6. The summed E-state index contributed by atoms with van der Waals surface area (Å²) in [6.45, 7) is -4.26. The second kappa shape index (κ2) is 9.80. The SMILES string of the molecule is O=C(COC(=O)CNC(=O)c1ccco1)NC(=O)c1ccc(OC(F)F)cc1. The summed E-state index contributed by atoms with van der Waals surface area (Å²) in [7, 11) is 0. The molecule has 2 rings (SSSR count). The van der Waals surface area contributed by atoms with Gasteiger partial charge in [0.25, 0.3) is 17.7 Å². The minimum absolute atomic E-state index is 0.00103. The summed E-state index contributed by atoms with van der Waals surface area (Å²) >= 11 is 0. The van der Waals surface area contributed by atoms with E-state index in [1.54, 1.807) is 0 Å². The van der Waals surface area contributed by atoms with Crippen molar-refractivity contribution in [1.82, 2.24) is 10.6 Å². The molecule has 0 bridgehead atoms. The predicted molar refractivity (Wildman–Crippen MR) is 87.5 cm³/mol. The van der Waals surface area contributed by atoms with Crippen LogP contribution in [0.5, 0.6) is 5.75 Å². The van der Waals surface area contributed by atoms with E-state index in [4.69, 9.17) is 4.42 Å². The minimum Gasteiger partial charge on any atom is -0.459 e. The molecule has 0 aliphatic heterocycles. The maximum Gasteiger partial charge on any atom is 0.387 e. The zero-order chi connectivity index (χ0) is 20.5. The Morgan fingerprint density at radius 3 is 2.36 bits per heavy atom. The number of carbonyl (C=O) groups is 4. The first-order chi connectivity index (χ1) is 13.3. The van der Waals surface area contributed by atoms with Gasteiger partial charge in [-0.15, -0.1) is 0 Å². The lowest BCUT2D eigenvalue weighted by Crippen LogP contribution is -2.36. The molecule has 0 aliphatic rings. The van der Waals surface area contributed by atoms with Gasteiger partial charge in [0.2, 0.25) is 0 Å². The predicted octanol–water partition coefficient (Wildman–Crippen LogP) is 1.11. The molecule has 0 spiro atoms. The molecule has 1 aromatic heterocycles. The smallest absolute Gasteiger partial charge is 0.387 e. The fourth-order valence-corrected chi connectivity index (χ4v) is 1.87. The molecule has 11 heteroatoms. The van der Waals surface area contributed by atoms with Crippen LogP contribution in [0, 0.1) is 0 Å². The monoisotopic (exact) mass is 396 g/mol. The Labute approximate surface area is 156 Å². The zero-order valence-electron chi connectivity index (χ0n) is 14.1. The van der Waals surface area contributed by atoms with Crippen molar-refractivity contribution in [1.29, 1.82) is 0 Å². The van der Waals surface area contributed by atoms with Gasteiger partial charge in [-0.3, -0.25) is 24.5 Å². The van der Waals surface area contributed by atoms with Crippen LogP contribution in [0.1, 0.15) is 20.9 Å². The van der Waals surface area contributed by atoms with Crippen molar-refractivity contribution in [2.75, 3.05) is 13.2 Å². The van der Waals surface area contributed by atoms with E-state index in [2.05, 4.69) is 14.8 Å². The number of amides is 3. The molecule has 1 heterocycles. The van der Waals surface area contributed by atoms with Crippen molar-refractivity contribution < 1.29 is 41.8 Å². The first-order valence-electron chi connectivity index (χ1n) is 7.71. The van der Waals surface area contributed by atoms with Gasteiger partial charge in [0.15, 0.2) is 12.4 Å². The number of rotatable bonds is 8. The van der Waals surface area contributed by atoms with Crippen LogP contribution in [0.4, 0.5) is 8.78 Å². The highest BCUT2D eigenvalue weighted by atomic mass is 19.3. The van der Waals surface area contributed by atoms with Gasteiger partial charge in [-0.1, -0.05) is 0 Å².